The fourth-order valence-corrected chi connectivity index (χ4v) is 3.13. The lowest BCUT2D eigenvalue weighted by atomic mass is 10.00. The summed E-state index contributed by atoms with van der Waals surface area (Å²) in [5.74, 6) is -1.73. The molecule has 2 unspecified atom stereocenters. The molecule has 4 nitrogen and oxygen atoms in total. The molecule has 2 aromatic heterocycles. The lowest BCUT2D eigenvalue weighted by Crippen LogP contribution is -2.15. The normalized spacial score (nSPS) is 18.9. The predicted octanol–water partition coefficient (Wildman–Crippen LogP) is 4.68. The van der Waals surface area contributed by atoms with Crippen LogP contribution in [0.25, 0.3) is 16.8 Å². The highest BCUT2D eigenvalue weighted by Crippen LogP contribution is 2.35. The quantitative estimate of drug-likeness (QED) is 0.671. The van der Waals surface area contributed by atoms with Crippen molar-refractivity contribution in [2.24, 2.45) is 5.92 Å². The van der Waals surface area contributed by atoms with Crippen LogP contribution < -0.4 is 5.32 Å². The molecule has 1 N–H and O–H groups in total. The number of carbonyl (C=O) groups is 1. The van der Waals surface area contributed by atoms with Crippen LogP contribution in [0.4, 0.5) is 23.4 Å². The summed E-state index contributed by atoms with van der Waals surface area (Å²) in [6.45, 7) is 1.69. The minimum atomic E-state index is -2.84. The molecule has 0 saturated heterocycles. The topological polar surface area (TPSA) is 46.4 Å². The number of aromatic nitrogens is 2. The fraction of sp³-hybridized carbons (Fsp3) is 0.263. The highest BCUT2D eigenvalue weighted by atomic mass is 19.3. The number of alkyl halides is 3. The van der Waals surface area contributed by atoms with Crippen LogP contribution in [-0.4, -0.2) is 21.5 Å². The number of carbonyl (C=O) groups excluding carboxylic acids is 1. The third-order valence-corrected chi connectivity index (χ3v) is 4.63. The summed E-state index contributed by atoms with van der Waals surface area (Å²) in [4.78, 5) is 15.9. The molecule has 1 aliphatic rings. The van der Waals surface area contributed by atoms with Crippen molar-refractivity contribution in [3.05, 3.63) is 53.6 Å². The molecule has 3 aromatic rings. The first kappa shape index (κ1) is 17.5. The number of halogens is 4. The van der Waals surface area contributed by atoms with E-state index in [1.165, 1.54) is 28.9 Å². The highest BCUT2D eigenvalue weighted by Gasteiger charge is 2.43. The number of hydrogen-bond acceptors (Lipinski definition) is 2. The van der Waals surface area contributed by atoms with Gasteiger partial charge in [-0.1, -0.05) is 12.1 Å². The van der Waals surface area contributed by atoms with E-state index in [9.17, 15) is 22.4 Å². The Hall–Kier alpha value is -2.90. The third kappa shape index (κ3) is 3.15. The average molecular weight is 377 g/mol. The lowest BCUT2D eigenvalue weighted by molar-refractivity contribution is -0.117. The Morgan fingerprint density at radius 2 is 2.07 bits per heavy atom. The minimum absolute atomic E-state index is 0.0448. The monoisotopic (exact) mass is 377 g/mol. The Morgan fingerprint density at radius 1 is 1.33 bits per heavy atom. The molecule has 0 aliphatic heterocycles. The first-order valence-corrected chi connectivity index (χ1v) is 8.36. The molecule has 0 radical (unpaired) electrons. The standard InChI is InChI=1S/C19H15F4N3O/c1-9-3-2-4-13(20)16(9)10-5-12(17(22)23)18-24-15(8-26(18)7-10)25-19(27)11-6-14(11)21/h2-5,7-8,11,14,17H,6H2,1H3,(H,25,27). The first-order valence-electron chi connectivity index (χ1n) is 8.36. The number of imidazole rings is 1. The maximum absolute atomic E-state index is 14.3. The second-order valence-corrected chi connectivity index (χ2v) is 6.62. The van der Waals surface area contributed by atoms with Gasteiger partial charge in [0.25, 0.3) is 6.43 Å². The van der Waals surface area contributed by atoms with Crippen LogP contribution in [0.15, 0.2) is 36.7 Å². The lowest BCUT2D eigenvalue weighted by Gasteiger charge is -2.11. The van der Waals surface area contributed by atoms with Gasteiger partial charge in [0, 0.05) is 17.3 Å². The second kappa shape index (κ2) is 6.37. The Labute approximate surface area is 151 Å². The van der Waals surface area contributed by atoms with E-state index in [-0.39, 0.29) is 34.6 Å². The Balaban J connectivity index is 1.80. The van der Waals surface area contributed by atoms with Crippen LogP contribution >= 0.6 is 0 Å². The minimum Gasteiger partial charge on any atom is -0.309 e. The van der Waals surface area contributed by atoms with Crippen LogP contribution in [0.1, 0.15) is 24.0 Å². The van der Waals surface area contributed by atoms with Gasteiger partial charge < -0.3 is 9.72 Å². The molecule has 140 valence electrons. The van der Waals surface area contributed by atoms with Crippen LogP contribution in [0.2, 0.25) is 0 Å². The van der Waals surface area contributed by atoms with E-state index in [1.807, 2.05) is 0 Å². The van der Waals surface area contributed by atoms with Crippen molar-refractivity contribution >= 4 is 17.4 Å². The molecule has 27 heavy (non-hydrogen) atoms. The molecule has 1 amide bonds. The van der Waals surface area contributed by atoms with Crippen molar-refractivity contribution < 1.29 is 22.4 Å². The maximum Gasteiger partial charge on any atom is 0.267 e. The number of nitrogens with zero attached hydrogens (tertiary/aromatic N) is 2. The summed E-state index contributed by atoms with van der Waals surface area (Å²) >= 11 is 0. The molecule has 1 aliphatic carbocycles. The molecular weight excluding hydrogens is 362 g/mol. The highest BCUT2D eigenvalue weighted by molar-refractivity contribution is 5.94. The molecular formula is C19H15F4N3O. The molecule has 4 rings (SSSR count). The third-order valence-electron chi connectivity index (χ3n) is 4.63. The molecule has 1 aromatic carbocycles. The number of hydrogen-bond donors (Lipinski definition) is 1. The number of pyridine rings is 1. The van der Waals surface area contributed by atoms with Gasteiger partial charge in [0.2, 0.25) is 5.91 Å². The number of benzene rings is 1. The van der Waals surface area contributed by atoms with Crippen LogP contribution in [0.3, 0.4) is 0 Å². The van der Waals surface area contributed by atoms with Crippen molar-refractivity contribution in [2.75, 3.05) is 5.32 Å². The van der Waals surface area contributed by atoms with Crippen molar-refractivity contribution in [3.63, 3.8) is 0 Å². The van der Waals surface area contributed by atoms with Gasteiger partial charge in [-0.2, -0.15) is 0 Å². The van der Waals surface area contributed by atoms with Crippen molar-refractivity contribution in [1.82, 2.24) is 9.38 Å². The van der Waals surface area contributed by atoms with Crippen LogP contribution in [-0.2, 0) is 4.79 Å². The van der Waals surface area contributed by atoms with E-state index >= 15 is 0 Å². The molecule has 0 bridgehead atoms. The number of nitrogens with one attached hydrogen (secondary N) is 1. The van der Waals surface area contributed by atoms with E-state index in [0.717, 1.165) is 0 Å². The van der Waals surface area contributed by atoms with E-state index in [0.29, 0.717) is 5.56 Å². The molecule has 2 heterocycles. The van der Waals surface area contributed by atoms with Gasteiger partial charge in [-0.3, -0.25) is 4.79 Å². The Morgan fingerprint density at radius 3 is 2.70 bits per heavy atom. The summed E-state index contributed by atoms with van der Waals surface area (Å²) in [7, 11) is 0. The van der Waals surface area contributed by atoms with Gasteiger partial charge in [0.1, 0.15) is 17.6 Å². The zero-order chi connectivity index (χ0) is 19.3. The molecule has 2 atom stereocenters. The van der Waals surface area contributed by atoms with Gasteiger partial charge in [0.15, 0.2) is 5.82 Å². The number of amides is 1. The van der Waals surface area contributed by atoms with E-state index in [4.69, 9.17) is 0 Å². The van der Waals surface area contributed by atoms with Gasteiger partial charge in [-0.15, -0.1) is 0 Å². The molecule has 8 heteroatoms. The zero-order valence-electron chi connectivity index (χ0n) is 14.2. The largest absolute Gasteiger partial charge is 0.309 e. The molecule has 1 fully saturated rings. The smallest absolute Gasteiger partial charge is 0.267 e. The molecule has 0 spiro atoms. The second-order valence-electron chi connectivity index (χ2n) is 6.62. The number of rotatable bonds is 4. The summed E-state index contributed by atoms with van der Waals surface area (Å²) in [6, 6.07) is 5.69. The van der Waals surface area contributed by atoms with E-state index < -0.39 is 30.2 Å². The fourth-order valence-electron chi connectivity index (χ4n) is 3.13. The average Bonchev–Trinajstić information content (AvgIpc) is 3.19. The predicted molar refractivity (Wildman–Crippen MR) is 91.9 cm³/mol. The first-order chi connectivity index (χ1) is 12.8. The van der Waals surface area contributed by atoms with Gasteiger partial charge in [-0.25, -0.2) is 22.5 Å². The van der Waals surface area contributed by atoms with Gasteiger partial charge in [0.05, 0.1) is 17.7 Å². The summed E-state index contributed by atoms with van der Waals surface area (Å²) in [5, 5.41) is 2.44. The van der Waals surface area contributed by atoms with Gasteiger partial charge >= 0.3 is 0 Å². The summed E-state index contributed by atoms with van der Waals surface area (Å²) in [5.41, 5.74) is 0.663. The maximum atomic E-state index is 14.3. The Kier molecular flexibility index (Phi) is 4.13. The van der Waals surface area contributed by atoms with Crippen molar-refractivity contribution in [2.45, 2.75) is 25.9 Å². The number of aryl methyl sites for hydroxylation is 1. The summed E-state index contributed by atoms with van der Waals surface area (Å²) < 4.78 is 55.7. The zero-order valence-corrected chi connectivity index (χ0v) is 14.2. The SMILES string of the molecule is Cc1cccc(F)c1-c1cc(C(F)F)c2nc(NC(=O)C3CC3F)cn2c1. The number of fused-ring (bicyclic) bond motifs is 1. The van der Waals surface area contributed by atoms with Crippen LogP contribution in [0.5, 0.6) is 0 Å². The van der Waals surface area contributed by atoms with E-state index in [2.05, 4.69) is 10.3 Å². The van der Waals surface area contributed by atoms with Crippen molar-refractivity contribution in [3.8, 4) is 11.1 Å². The Bertz CT molecular complexity index is 1030. The number of anilines is 1. The van der Waals surface area contributed by atoms with Crippen LogP contribution in [0, 0.1) is 18.7 Å². The molecule has 1 saturated carbocycles. The van der Waals surface area contributed by atoms with Crippen molar-refractivity contribution in [1.29, 1.82) is 0 Å². The van der Waals surface area contributed by atoms with E-state index in [1.54, 1.807) is 19.1 Å². The van der Waals surface area contributed by atoms with Gasteiger partial charge in [-0.05, 0) is 31.0 Å². The summed E-state index contributed by atoms with van der Waals surface area (Å²) in [6.07, 6.45) is -1.03.